The van der Waals surface area contributed by atoms with Crippen LogP contribution in [0.5, 0.6) is 5.75 Å². The molecule has 2 rings (SSSR count). The van der Waals surface area contributed by atoms with Crippen molar-refractivity contribution in [3.63, 3.8) is 0 Å². The summed E-state index contributed by atoms with van der Waals surface area (Å²) < 4.78 is 31.5. The van der Waals surface area contributed by atoms with Crippen LogP contribution in [-0.2, 0) is 16.4 Å². The van der Waals surface area contributed by atoms with Crippen molar-refractivity contribution in [1.29, 1.82) is 0 Å². The number of ether oxygens (including phenoxy) is 1. The molecule has 0 bridgehead atoms. The van der Waals surface area contributed by atoms with E-state index in [0.717, 1.165) is 17.3 Å². The first-order valence-corrected chi connectivity index (χ1v) is 10.9. The van der Waals surface area contributed by atoms with Gasteiger partial charge in [0.1, 0.15) is 11.4 Å². The van der Waals surface area contributed by atoms with E-state index in [2.05, 4.69) is 15.9 Å². The summed E-state index contributed by atoms with van der Waals surface area (Å²) in [4.78, 5) is 14.4. The van der Waals surface area contributed by atoms with Crippen LogP contribution in [0.4, 0.5) is 0 Å². The van der Waals surface area contributed by atoms with Crippen LogP contribution in [0.2, 0.25) is 0 Å². The van der Waals surface area contributed by atoms with E-state index in [1.54, 1.807) is 24.1 Å². The van der Waals surface area contributed by atoms with Gasteiger partial charge in [0.2, 0.25) is 0 Å². The lowest BCUT2D eigenvalue weighted by molar-refractivity contribution is 0.0777. The predicted molar refractivity (Wildman–Crippen MR) is 104 cm³/mol. The molecule has 2 aromatic rings. The number of rotatable bonds is 8. The van der Waals surface area contributed by atoms with Crippen LogP contribution >= 0.6 is 15.9 Å². The Kier molecular flexibility index (Phi) is 6.88. The quantitative estimate of drug-likeness (QED) is 0.588. The third-order valence-corrected chi connectivity index (χ3v) is 5.45. The number of sulfone groups is 1. The smallest absolute Gasteiger partial charge is 0.270 e. The summed E-state index contributed by atoms with van der Waals surface area (Å²) in [6.07, 6.45) is 3.69. The van der Waals surface area contributed by atoms with Crippen molar-refractivity contribution in [3.05, 3.63) is 46.7 Å². The zero-order valence-corrected chi connectivity index (χ0v) is 17.5. The summed E-state index contributed by atoms with van der Waals surface area (Å²) in [5.74, 6) is 0.460. The highest BCUT2D eigenvalue weighted by atomic mass is 79.9. The maximum atomic E-state index is 12.5. The Morgan fingerprint density at radius 2 is 2.04 bits per heavy atom. The molecule has 8 heteroatoms. The number of nitrogens with zero attached hydrogens (tertiary/aromatic N) is 2. The average Bonchev–Trinajstić information content (AvgIpc) is 2.98. The van der Waals surface area contributed by atoms with Crippen LogP contribution < -0.4 is 4.74 Å². The predicted octanol–water partition coefficient (Wildman–Crippen LogP) is 3.22. The normalized spacial score (nSPS) is 11.4. The van der Waals surface area contributed by atoms with Crippen LogP contribution in [0.1, 0.15) is 23.8 Å². The topological polar surface area (TPSA) is 68.6 Å². The Morgan fingerprint density at radius 1 is 1.31 bits per heavy atom. The van der Waals surface area contributed by atoms with Crippen molar-refractivity contribution in [2.24, 2.45) is 0 Å². The fraction of sp³-hybridized carbons (Fsp3) is 0.389. The van der Waals surface area contributed by atoms with Gasteiger partial charge in [0.05, 0.1) is 11.5 Å². The lowest BCUT2D eigenvalue weighted by Crippen LogP contribution is -2.30. The van der Waals surface area contributed by atoms with Crippen LogP contribution in [0.25, 0.3) is 0 Å². The largest absolute Gasteiger partial charge is 0.493 e. The lowest BCUT2D eigenvalue weighted by atomic mass is 10.3. The molecule has 1 amide bonds. The molecule has 1 aromatic carbocycles. The van der Waals surface area contributed by atoms with Gasteiger partial charge in [0.25, 0.3) is 5.91 Å². The van der Waals surface area contributed by atoms with Crippen LogP contribution in [-0.4, -0.2) is 50.2 Å². The van der Waals surface area contributed by atoms with E-state index in [4.69, 9.17) is 4.74 Å². The first kappa shape index (κ1) is 20.5. The van der Waals surface area contributed by atoms with Crippen molar-refractivity contribution in [3.8, 4) is 5.75 Å². The van der Waals surface area contributed by atoms with Gasteiger partial charge in [-0.05, 0) is 53.5 Å². The summed E-state index contributed by atoms with van der Waals surface area (Å²) in [5.41, 5.74) is 0.642. The molecule has 142 valence electrons. The van der Waals surface area contributed by atoms with Crippen molar-refractivity contribution in [2.75, 3.05) is 26.5 Å². The van der Waals surface area contributed by atoms with Gasteiger partial charge in [-0.15, -0.1) is 0 Å². The monoisotopic (exact) mass is 442 g/mol. The molecule has 0 aliphatic carbocycles. The summed E-state index contributed by atoms with van der Waals surface area (Å²) in [6, 6.07) is 8.23. The number of amides is 1. The zero-order chi connectivity index (χ0) is 19.3. The minimum Gasteiger partial charge on any atom is -0.493 e. The number of carbonyl (C=O) groups is 1. The Hall–Kier alpha value is -1.80. The molecule has 0 spiro atoms. The van der Waals surface area contributed by atoms with Crippen molar-refractivity contribution in [2.45, 2.75) is 24.8 Å². The first-order valence-electron chi connectivity index (χ1n) is 8.26. The van der Waals surface area contributed by atoms with Crippen LogP contribution in [0, 0.1) is 0 Å². The Labute approximate surface area is 162 Å². The van der Waals surface area contributed by atoms with Crippen LogP contribution in [0.15, 0.2) is 45.9 Å². The van der Waals surface area contributed by atoms with Crippen molar-refractivity contribution < 1.29 is 17.9 Å². The molecule has 0 N–H and O–H groups in total. The lowest BCUT2D eigenvalue weighted by Gasteiger charge is -2.18. The average molecular weight is 443 g/mol. The summed E-state index contributed by atoms with van der Waals surface area (Å²) in [6.45, 7) is 3.64. The number of hydrogen-bond acceptors (Lipinski definition) is 4. The second kappa shape index (κ2) is 8.73. The maximum Gasteiger partial charge on any atom is 0.270 e. The van der Waals surface area contributed by atoms with Gasteiger partial charge in [-0.1, -0.05) is 6.07 Å². The fourth-order valence-electron chi connectivity index (χ4n) is 2.50. The summed E-state index contributed by atoms with van der Waals surface area (Å²) in [7, 11) is -1.50. The van der Waals surface area contributed by atoms with E-state index in [1.807, 2.05) is 23.8 Å². The van der Waals surface area contributed by atoms with Gasteiger partial charge in [-0.3, -0.25) is 4.79 Å². The highest BCUT2D eigenvalue weighted by Gasteiger charge is 2.16. The molecule has 0 atom stereocenters. The van der Waals surface area contributed by atoms with Crippen molar-refractivity contribution >= 4 is 31.7 Å². The van der Waals surface area contributed by atoms with E-state index in [1.165, 1.54) is 12.1 Å². The van der Waals surface area contributed by atoms with E-state index < -0.39 is 9.84 Å². The Morgan fingerprint density at radius 3 is 2.69 bits per heavy atom. The molecule has 1 aromatic heterocycles. The molecule has 26 heavy (non-hydrogen) atoms. The number of halogens is 1. The minimum atomic E-state index is -3.25. The summed E-state index contributed by atoms with van der Waals surface area (Å²) in [5, 5.41) is 0. The van der Waals surface area contributed by atoms with E-state index in [9.17, 15) is 13.2 Å². The van der Waals surface area contributed by atoms with Crippen LogP contribution in [0.3, 0.4) is 0 Å². The molecular weight excluding hydrogens is 420 g/mol. The molecule has 0 unspecified atom stereocenters. The molecule has 1 heterocycles. The standard InChI is InChI=1S/C18H23BrN2O4S/c1-4-21-13-14(19)11-17(21)18(22)20(2)9-6-10-25-15-7-5-8-16(12-15)26(3,23)24/h5,7-8,11-13H,4,6,9-10H2,1-3H3. The van der Waals surface area contributed by atoms with Gasteiger partial charge in [0.15, 0.2) is 9.84 Å². The third-order valence-electron chi connectivity index (χ3n) is 3.91. The molecule has 6 nitrogen and oxygen atoms in total. The Bertz CT molecular complexity index is 877. The van der Waals surface area contributed by atoms with E-state index in [0.29, 0.717) is 31.0 Å². The third kappa shape index (κ3) is 5.35. The van der Waals surface area contributed by atoms with Crippen molar-refractivity contribution in [1.82, 2.24) is 9.47 Å². The molecule has 0 aliphatic heterocycles. The van der Waals surface area contributed by atoms with E-state index in [-0.39, 0.29) is 10.8 Å². The minimum absolute atomic E-state index is 0.0448. The SMILES string of the molecule is CCn1cc(Br)cc1C(=O)N(C)CCCOc1cccc(S(C)(=O)=O)c1. The molecule has 0 aliphatic rings. The molecular formula is C18H23BrN2O4S. The van der Waals surface area contributed by atoms with Gasteiger partial charge in [-0.25, -0.2) is 8.42 Å². The second-order valence-electron chi connectivity index (χ2n) is 6.01. The molecule has 0 saturated carbocycles. The number of carbonyl (C=O) groups excluding carboxylic acids is 1. The first-order chi connectivity index (χ1) is 12.2. The van der Waals surface area contributed by atoms with Gasteiger partial charge in [-0.2, -0.15) is 0 Å². The Balaban J connectivity index is 1.87. The number of benzene rings is 1. The molecule has 0 fully saturated rings. The number of aromatic nitrogens is 1. The highest BCUT2D eigenvalue weighted by Crippen LogP contribution is 2.18. The zero-order valence-electron chi connectivity index (χ0n) is 15.1. The molecule has 0 saturated heterocycles. The van der Waals surface area contributed by atoms with Gasteiger partial charge in [0, 0.05) is 37.1 Å². The van der Waals surface area contributed by atoms with Gasteiger partial charge < -0.3 is 14.2 Å². The number of hydrogen-bond donors (Lipinski definition) is 0. The van der Waals surface area contributed by atoms with E-state index >= 15 is 0 Å². The fourth-order valence-corrected chi connectivity index (χ4v) is 3.62. The van der Waals surface area contributed by atoms with Gasteiger partial charge >= 0.3 is 0 Å². The second-order valence-corrected chi connectivity index (χ2v) is 8.94. The highest BCUT2D eigenvalue weighted by molar-refractivity contribution is 9.10. The summed E-state index contributed by atoms with van der Waals surface area (Å²) >= 11 is 3.40. The molecule has 0 radical (unpaired) electrons. The maximum absolute atomic E-state index is 12.5. The number of aryl methyl sites for hydroxylation is 1.